The summed E-state index contributed by atoms with van der Waals surface area (Å²) in [7, 11) is 3.48. The zero-order chi connectivity index (χ0) is 16.2. The van der Waals surface area contributed by atoms with Gasteiger partial charge in [0.05, 0.1) is 11.2 Å². The van der Waals surface area contributed by atoms with Crippen LogP contribution in [0.15, 0.2) is 53.5 Å². The monoisotopic (exact) mass is 361 g/mol. The van der Waals surface area contributed by atoms with Crippen molar-refractivity contribution in [3.8, 4) is 11.3 Å². The second kappa shape index (κ2) is 7.95. The lowest BCUT2D eigenvalue weighted by atomic mass is 10.1. The fourth-order valence-electron chi connectivity index (χ4n) is 2.31. The highest BCUT2D eigenvalue weighted by atomic mass is 35.5. The van der Waals surface area contributed by atoms with Crippen molar-refractivity contribution in [1.29, 1.82) is 0 Å². The predicted octanol–water partition coefficient (Wildman–Crippen LogP) is 3.99. The van der Waals surface area contributed by atoms with E-state index in [1.165, 1.54) is 0 Å². The summed E-state index contributed by atoms with van der Waals surface area (Å²) >= 11 is 6.15. The summed E-state index contributed by atoms with van der Waals surface area (Å²) in [5.41, 5.74) is 2.65. The molecule has 0 saturated carbocycles. The van der Waals surface area contributed by atoms with Crippen molar-refractivity contribution in [1.82, 2.24) is 15.3 Å². The summed E-state index contributed by atoms with van der Waals surface area (Å²) in [4.78, 5) is 13.3. The van der Waals surface area contributed by atoms with Gasteiger partial charge in [-0.2, -0.15) is 0 Å². The van der Waals surface area contributed by atoms with Crippen LogP contribution in [0.3, 0.4) is 0 Å². The van der Waals surface area contributed by atoms with Gasteiger partial charge in [0, 0.05) is 30.1 Å². The van der Waals surface area contributed by atoms with Gasteiger partial charge in [-0.1, -0.05) is 41.9 Å². The van der Waals surface area contributed by atoms with Crippen molar-refractivity contribution in [2.24, 2.45) is 4.99 Å². The van der Waals surface area contributed by atoms with E-state index >= 15 is 0 Å². The van der Waals surface area contributed by atoms with Crippen molar-refractivity contribution in [2.45, 2.75) is 0 Å². The van der Waals surface area contributed by atoms with Crippen molar-refractivity contribution in [3.05, 3.63) is 53.6 Å². The Kier molecular flexibility index (Phi) is 5.95. The topological polar surface area (TPSA) is 62.2 Å². The third-order valence-electron chi connectivity index (χ3n) is 3.40. The number of aromatic nitrogens is 2. The molecule has 3 rings (SSSR count). The molecule has 0 fully saturated rings. The van der Waals surface area contributed by atoms with Gasteiger partial charge in [0.1, 0.15) is 0 Å². The zero-order valence-corrected chi connectivity index (χ0v) is 14.8. The quantitative estimate of drug-likeness (QED) is 0.535. The average Bonchev–Trinajstić information content (AvgIpc) is 2.60. The molecule has 0 aliphatic rings. The Labute approximate surface area is 151 Å². The highest BCUT2D eigenvalue weighted by molar-refractivity contribution is 6.31. The fourth-order valence-corrected chi connectivity index (χ4v) is 2.48. The van der Waals surface area contributed by atoms with Crippen LogP contribution in [0.5, 0.6) is 0 Å². The number of rotatable bonds is 2. The van der Waals surface area contributed by atoms with Crippen molar-refractivity contribution < 1.29 is 0 Å². The molecule has 7 heteroatoms. The van der Waals surface area contributed by atoms with Gasteiger partial charge >= 0.3 is 0 Å². The maximum atomic E-state index is 6.15. The molecule has 0 atom stereocenters. The average molecular weight is 362 g/mol. The molecule has 0 aliphatic carbocycles. The Morgan fingerprint density at radius 3 is 2.50 bits per heavy atom. The summed E-state index contributed by atoms with van der Waals surface area (Å²) in [6, 6.07) is 15.6. The third kappa shape index (κ3) is 3.75. The van der Waals surface area contributed by atoms with Crippen LogP contribution in [0.4, 0.5) is 5.95 Å². The first-order valence-corrected chi connectivity index (χ1v) is 7.53. The lowest BCUT2D eigenvalue weighted by Gasteiger charge is -2.11. The van der Waals surface area contributed by atoms with E-state index in [1.54, 1.807) is 14.1 Å². The SMILES string of the molecule is CN=C(NC)Nc1nc(-c2ccccc2)c2cc(Cl)ccc2n1.Cl. The molecule has 1 aromatic heterocycles. The van der Waals surface area contributed by atoms with Crippen molar-refractivity contribution >= 4 is 46.8 Å². The summed E-state index contributed by atoms with van der Waals surface area (Å²) in [6.07, 6.45) is 0. The first kappa shape index (κ1) is 18.0. The minimum absolute atomic E-state index is 0. The number of nitrogens with zero attached hydrogens (tertiary/aromatic N) is 3. The van der Waals surface area contributed by atoms with E-state index in [4.69, 9.17) is 11.6 Å². The van der Waals surface area contributed by atoms with Crippen LogP contribution < -0.4 is 10.6 Å². The minimum atomic E-state index is 0. The molecule has 5 nitrogen and oxygen atoms in total. The molecule has 2 aromatic carbocycles. The number of hydrogen-bond donors (Lipinski definition) is 2. The Balaban J connectivity index is 0.00000208. The molecule has 0 aliphatic heterocycles. The molecule has 0 bridgehead atoms. The number of halogens is 2. The van der Waals surface area contributed by atoms with Crippen LogP contribution in [0.2, 0.25) is 5.02 Å². The molecule has 3 aromatic rings. The standard InChI is InChI=1S/C17H16ClN5.ClH/c1-19-16(20-2)23-17-21-14-9-8-12(18)10-13(14)15(22-17)11-6-4-3-5-7-11;/h3-10H,1-2H3,(H2,19,20,21,22,23);1H. The lowest BCUT2D eigenvalue weighted by Crippen LogP contribution is -2.27. The van der Waals surface area contributed by atoms with E-state index in [2.05, 4.69) is 25.6 Å². The van der Waals surface area contributed by atoms with E-state index in [0.717, 1.165) is 22.2 Å². The van der Waals surface area contributed by atoms with E-state index in [9.17, 15) is 0 Å². The highest BCUT2D eigenvalue weighted by Crippen LogP contribution is 2.29. The number of guanidine groups is 1. The summed E-state index contributed by atoms with van der Waals surface area (Å²) in [5.74, 6) is 1.07. The molecule has 0 unspecified atom stereocenters. The lowest BCUT2D eigenvalue weighted by molar-refractivity contribution is 1.12. The smallest absolute Gasteiger partial charge is 0.230 e. The van der Waals surface area contributed by atoms with Crippen LogP contribution in [-0.2, 0) is 0 Å². The maximum absolute atomic E-state index is 6.15. The summed E-state index contributed by atoms with van der Waals surface area (Å²) in [6.45, 7) is 0. The molecule has 124 valence electrons. The number of nitrogens with one attached hydrogen (secondary N) is 2. The van der Waals surface area contributed by atoms with E-state index in [-0.39, 0.29) is 12.4 Å². The number of benzene rings is 2. The molecule has 0 amide bonds. The van der Waals surface area contributed by atoms with Crippen LogP contribution >= 0.6 is 24.0 Å². The fraction of sp³-hybridized carbons (Fsp3) is 0.118. The van der Waals surface area contributed by atoms with Gasteiger partial charge in [-0.15, -0.1) is 12.4 Å². The predicted molar refractivity (Wildman–Crippen MR) is 103 cm³/mol. The normalized spacial score (nSPS) is 11.0. The third-order valence-corrected chi connectivity index (χ3v) is 3.63. The number of fused-ring (bicyclic) bond motifs is 1. The maximum Gasteiger partial charge on any atom is 0.230 e. The van der Waals surface area contributed by atoms with Crippen LogP contribution in [0.25, 0.3) is 22.2 Å². The van der Waals surface area contributed by atoms with E-state index < -0.39 is 0 Å². The Morgan fingerprint density at radius 2 is 1.83 bits per heavy atom. The van der Waals surface area contributed by atoms with Gasteiger partial charge in [0.25, 0.3) is 0 Å². The molecule has 24 heavy (non-hydrogen) atoms. The molecule has 0 spiro atoms. The number of hydrogen-bond acceptors (Lipinski definition) is 3. The van der Waals surface area contributed by atoms with E-state index in [1.807, 2.05) is 48.5 Å². The van der Waals surface area contributed by atoms with Crippen LogP contribution in [0.1, 0.15) is 0 Å². The molecular formula is C17H17Cl2N5. The Morgan fingerprint density at radius 1 is 1.08 bits per heavy atom. The number of aliphatic imine (C=N–C) groups is 1. The molecule has 0 saturated heterocycles. The van der Waals surface area contributed by atoms with Gasteiger partial charge < -0.3 is 5.32 Å². The first-order valence-electron chi connectivity index (χ1n) is 7.15. The summed E-state index contributed by atoms with van der Waals surface area (Å²) < 4.78 is 0. The second-order valence-corrected chi connectivity index (χ2v) is 5.31. The first-order chi connectivity index (χ1) is 11.2. The largest absolute Gasteiger partial charge is 0.359 e. The Bertz CT molecular complexity index is 865. The van der Waals surface area contributed by atoms with E-state index in [0.29, 0.717) is 16.9 Å². The van der Waals surface area contributed by atoms with Gasteiger partial charge in [-0.3, -0.25) is 10.3 Å². The molecule has 1 heterocycles. The van der Waals surface area contributed by atoms with Crippen LogP contribution in [-0.4, -0.2) is 30.0 Å². The Hall–Kier alpha value is -2.37. The second-order valence-electron chi connectivity index (χ2n) is 4.87. The van der Waals surface area contributed by atoms with Crippen molar-refractivity contribution in [2.75, 3.05) is 19.4 Å². The number of anilines is 1. The van der Waals surface area contributed by atoms with Gasteiger partial charge in [-0.25, -0.2) is 9.97 Å². The molecule has 2 N–H and O–H groups in total. The van der Waals surface area contributed by atoms with Gasteiger partial charge in [0.2, 0.25) is 5.95 Å². The molecular weight excluding hydrogens is 345 g/mol. The summed E-state index contributed by atoms with van der Waals surface area (Å²) in [5, 5.41) is 7.60. The zero-order valence-electron chi connectivity index (χ0n) is 13.2. The minimum Gasteiger partial charge on any atom is -0.359 e. The van der Waals surface area contributed by atoms with Gasteiger partial charge in [-0.05, 0) is 18.2 Å². The van der Waals surface area contributed by atoms with Crippen LogP contribution in [0, 0.1) is 0 Å². The highest BCUT2D eigenvalue weighted by Gasteiger charge is 2.11. The van der Waals surface area contributed by atoms with Crippen molar-refractivity contribution in [3.63, 3.8) is 0 Å². The van der Waals surface area contributed by atoms with Gasteiger partial charge in [0.15, 0.2) is 5.96 Å². The molecule has 0 radical (unpaired) electrons.